The van der Waals surface area contributed by atoms with Gasteiger partial charge >= 0.3 is 0 Å². The van der Waals surface area contributed by atoms with E-state index in [-0.39, 0.29) is 12.2 Å². The van der Waals surface area contributed by atoms with Gasteiger partial charge in [-0.1, -0.05) is 59.6 Å². The quantitative estimate of drug-likeness (QED) is 0.402. The fraction of sp³-hybridized carbons (Fsp3) is 0.933. The molecule has 3 saturated carbocycles. The van der Waals surface area contributed by atoms with Crippen LogP contribution in [0, 0.1) is 52.3 Å². The minimum absolute atomic E-state index is 0.106. The number of rotatable bonds is 7. The fourth-order valence-corrected chi connectivity index (χ4v) is 9.64. The van der Waals surface area contributed by atoms with Crippen molar-refractivity contribution in [2.75, 3.05) is 0 Å². The van der Waals surface area contributed by atoms with Crippen LogP contribution in [-0.4, -0.2) is 22.4 Å². The zero-order valence-corrected chi connectivity index (χ0v) is 21.9. The van der Waals surface area contributed by atoms with Crippen molar-refractivity contribution in [2.45, 2.75) is 124 Å². The number of aliphatic hydroxyl groups excluding tert-OH is 2. The number of aliphatic hydroxyl groups is 2. The molecular weight excluding hydrogens is 392 g/mol. The third-order valence-electron chi connectivity index (χ3n) is 11.4. The van der Waals surface area contributed by atoms with Crippen LogP contribution in [0.1, 0.15) is 112 Å². The smallest absolute Gasteiger partial charge is 0.0577 e. The largest absolute Gasteiger partial charge is 0.393 e. The highest BCUT2D eigenvalue weighted by molar-refractivity contribution is 5.25. The van der Waals surface area contributed by atoms with E-state index in [0.29, 0.717) is 28.6 Å². The zero-order chi connectivity index (χ0) is 23.3. The predicted molar refractivity (Wildman–Crippen MR) is 134 cm³/mol. The van der Waals surface area contributed by atoms with E-state index in [1.165, 1.54) is 44.9 Å². The summed E-state index contributed by atoms with van der Waals surface area (Å²) in [5.74, 6) is 4.91. The number of fused-ring (bicyclic) bond motifs is 5. The van der Waals surface area contributed by atoms with Gasteiger partial charge < -0.3 is 10.2 Å². The lowest BCUT2D eigenvalue weighted by atomic mass is 9.47. The van der Waals surface area contributed by atoms with Crippen molar-refractivity contribution in [3.63, 3.8) is 0 Å². The lowest BCUT2D eigenvalue weighted by molar-refractivity contribution is -0.0614. The Morgan fingerprint density at radius 3 is 2.47 bits per heavy atom. The predicted octanol–water partition coefficient (Wildman–Crippen LogP) is 7.39. The van der Waals surface area contributed by atoms with Crippen LogP contribution >= 0.6 is 0 Å². The molecule has 0 heterocycles. The summed E-state index contributed by atoms with van der Waals surface area (Å²) in [6, 6.07) is 0. The van der Waals surface area contributed by atoms with E-state index in [9.17, 15) is 10.2 Å². The zero-order valence-electron chi connectivity index (χ0n) is 21.9. The van der Waals surface area contributed by atoms with E-state index < -0.39 is 0 Å². The van der Waals surface area contributed by atoms with Gasteiger partial charge in [-0.3, -0.25) is 0 Å². The highest BCUT2D eigenvalue weighted by atomic mass is 16.3. The molecule has 3 fully saturated rings. The normalized spacial score (nSPS) is 44.3. The molecule has 4 aliphatic carbocycles. The monoisotopic (exact) mass is 444 g/mol. The van der Waals surface area contributed by atoms with Crippen molar-refractivity contribution in [3.8, 4) is 0 Å². The molecule has 2 nitrogen and oxygen atoms in total. The van der Waals surface area contributed by atoms with Crippen LogP contribution in [0.2, 0.25) is 0 Å². The summed E-state index contributed by atoms with van der Waals surface area (Å²) in [6.07, 6.45) is 15.5. The maximum absolute atomic E-state index is 11.2. The first-order valence-electron chi connectivity index (χ1n) is 14.2. The first-order chi connectivity index (χ1) is 15.1. The third-order valence-corrected chi connectivity index (χ3v) is 11.4. The van der Waals surface area contributed by atoms with Gasteiger partial charge in [0.1, 0.15) is 0 Å². The first-order valence-corrected chi connectivity index (χ1v) is 14.2. The van der Waals surface area contributed by atoms with Gasteiger partial charge in [-0.15, -0.1) is 0 Å². The topological polar surface area (TPSA) is 40.5 Å². The van der Waals surface area contributed by atoms with Gasteiger partial charge in [0, 0.05) is 0 Å². The van der Waals surface area contributed by atoms with Crippen molar-refractivity contribution >= 4 is 0 Å². The summed E-state index contributed by atoms with van der Waals surface area (Å²) < 4.78 is 0. The van der Waals surface area contributed by atoms with Crippen LogP contribution in [0.3, 0.4) is 0 Å². The van der Waals surface area contributed by atoms with E-state index in [2.05, 4.69) is 47.6 Å². The molecule has 0 aromatic carbocycles. The molecule has 0 amide bonds. The van der Waals surface area contributed by atoms with Gasteiger partial charge in [0.05, 0.1) is 12.2 Å². The highest BCUT2D eigenvalue weighted by Gasteiger charge is 2.59. The Balaban J connectivity index is 1.48. The Bertz CT molecular complexity index is 682. The van der Waals surface area contributed by atoms with E-state index in [1.54, 1.807) is 5.57 Å². The Morgan fingerprint density at radius 1 is 1.03 bits per heavy atom. The lowest BCUT2D eigenvalue weighted by Crippen LogP contribution is -2.51. The summed E-state index contributed by atoms with van der Waals surface area (Å²) in [5, 5.41) is 21.4. The first kappa shape index (κ1) is 24.8. The fourth-order valence-electron chi connectivity index (χ4n) is 9.64. The molecule has 0 aromatic rings. The summed E-state index contributed by atoms with van der Waals surface area (Å²) in [7, 11) is 0. The highest BCUT2D eigenvalue weighted by Crippen LogP contribution is 2.67. The second-order valence-electron chi connectivity index (χ2n) is 13.4. The van der Waals surface area contributed by atoms with Crippen molar-refractivity contribution in [1.82, 2.24) is 0 Å². The summed E-state index contributed by atoms with van der Waals surface area (Å²) in [5.41, 5.74) is 2.38. The van der Waals surface area contributed by atoms with Crippen LogP contribution in [0.4, 0.5) is 0 Å². The van der Waals surface area contributed by atoms with Gasteiger partial charge in [0.25, 0.3) is 0 Å². The van der Waals surface area contributed by atoms with Gasteiger partial charge in [-0.05, 0) is 116 Å². The van der Waals surface area contributed by atoms with E-state index in [1.807, 2.05) is 0 Å². The van der Waals surface area contributed by atoms with E-state index >= 15 is 0 Å². The molecule has 4 aliphatic rings. The second kappa shape index (κ2) is 9.37. The van der Waals surface area contributed by atoms with Crippen molar-refractivity contribution in [1.29, 1.82) is 0 Å². The number of hydrogen-bond donors (Lipinski definition) is 2. The summed E-state index contributed by atoms with van der Waals surface area (Å²) >= 11 is 0. The molecule has 0 saturated heterocycles. The molecule has 0 radical (unpaired) electrons. The number of allylic oxidation sites excluding steroid dienone is 1. The summed E-state index contributed by atoms with van der Waals surface area (Å²) in [6.45, 7) is 14.5. The van der Waals surface area contributed by atoms with Crippen LogP contribution in [0.15, 0.2) is 11.6 Å². The molecule has 0 spiro atoms. The minimum Gasteiger partial charge on any atom is -0.393 e. The van der Waals surface area contributed by atoms with Crippen LogP contribution in [0.5, 0.6) is 0 Å². The van der Waals surface area contributed by atoms with Crippen LogP contribution in [0.25, 0.3) is 0 Å². The maximum atomic E-state index is 11.2. The van der Waals surface area contributed by atoms with Crippen LogP contribution in [-0.2, 0) is 0 Å². The molecule has 184 valence electrons. The molecule has 4 rings (SSSR count). The Morgan fingerprint density at radius 2 is 1.78 bits per heavy atom. The Labute approximate surface area is 198 Å². The van der Waals surface area contributed by atoms with Gasteiger partial charge in [0.15, 0.2) is 0 Å². The standard InChI is InChI=1S/C30H52O2/c1-7-8-23(19(2)3)28(32)17-20(4)25-11-12-26-24-10-9-21-18-22(31)13-15-29(21,5)27(24)14-16-30(25,26)6/h9,19-20,22-28,31-32H,7-8,10-18H2,1-6H3/t20-,22+,23+,24?,25-,26?,27?,28-,29+,30-/m1/s1. The molecule has 0 aliphatic heterocycles. The van der Waals surface area contributed by atoms with E-state index in [4.69, 9.17) is 0 Å². The van der Waals surface area contributed by atoms with Gasteiger partial charge in [-0.25, -0.2) is 0 Å². The summed E-state index contributed by atoms with van der Waals surface area (Å²) in [4.78, 5) is 0. The molecule has 3 unspecified atom stereocenters. The van der Waals surface area contributed by atoms with Crippen molar-refractivity contribution < 1.29 is 10.2 Å². The van der Waals surface area contributed by atoms with Crippen molar-refractivity contribution in [2.24, 2.45) is 52.3 Å². The molecule has 0 aromatic heterocycles. The van der Waals surface area contributed by atoms with Crippen LogP contribution < -0.4 is 0 Å². The van der Waals surface area contributed by atoms with Gasteiger partial charge in [0.2, 0.25) is 0 Å². The second-order valence-corrected chi connectivity index (χ2v) is 13.4. The number of hydrogen-bond acceptors (Lipinski definition) is 2. The molecule has 2 N–H and O–H groups in total. The molecule has 2 heteroatoms. The molecule has 0 bridgehead atoms. The van der Waals surface area contributed by atoms with Gasteiger partial charge in [-0.2, -0.15) is 0 Å². The Kier molecular flexibility index (Phi) is 7.25. The average Bonchev–Trinajstić information content (AvgIpc) is 3.09. The van der Waals surface area contributed by atoms with E-state index in [0.717, 1.165) is 49.4 Å². The molecule has 10 atom stereocenters. The minimum atomic E-state index is -0.142. The Hall–Kier alpha value is -0.340. The molecule has 32 heavy (non-hydrogen) atoms. The average molecular weight is 445 g/mol. The lowest BCUT2D eigenvalue weighted by Gasteiger charge is -2.58. The third kappa shape index (κ3) is 4.15. The van der Waals surface area contributed by atoms with Crippen molar-refractivity contribution in [3.05, 3.63) is 11.6 Å². The molecular formula is C30H52O2. The maximum Gasteiger partial charge on any atom is 0.0577 e. The SMILES string of the molecule is CCC[C@@H](C(C)C)[C@H](O)C[C@@H](C)[C@H]1CCC2C3CC=C4C[C@@H](O)CC[C@]4(C)C3CC[C@@]21C.